The van der Waals surface area contributed by atoms with E-state index in [1.807, 2.05) is 6.92 Å². The Kier molecular flexibility index (Phi) is 4.82. The minimum absolute atomic E-state index is 0.152. The van der Waals surface area contributed by atoms with Crippen molar-refractivity contribution in [2.75, 3.05) is 13.1 Å². The molecule has 1 unspecified atom stereocenters. The zero-order valence-corrected chi connectivity index (χ0v) is 12.4. The zero-order valence-electron chi connectivity index (χ0n) is 12.4. The molecule has 0 radical (unpaired) electrons. The third-order valence-corrected chi connectivity index (χ3v) is 4.65. The first-order valence-electron chi connectivity index (χ1n) is 7.01. The van der Waals surface area contributed by atoms with Gasteiger partial charge in [-0.25, -0.2) is 4.79 Å². The van der Waals surface area contributed by atoms with Crippen molar-refractivity contribution in [2.24, 2.45) is 16.7 Å². The SMILES string of the molecule is CCC(C)(CNC(=O)NCC1(C(C)C)CC1)C(=O)O. The number of hydrogen-bond donors (Lipinski definition) is 3. The molecule has 1 fully saturated rings. The van der Waals surface area contributed by atoms with Gasteiger partial charge in [-0.1, -0.05) is 20.8 Å². The van der Waals surface area contributed by atoms with Gasteiger partial charge in [0.2, 0.25) is 0 Å². The van der Waals surface area contributed by atoms with Crippen molar-refractivity contribution < 1.29 is 14.7 Å². The topological polar surface area (TPSA) is 78.4 Å². The molecule has 1 atom stereocenters. The van der Waals surface area contributed by atoms with Crippen LogP contribution in [0.4, 0.5) is 4.79 Å². The van der Waals surface area contributed by atoms with Crippen molar-refractivity contribution in [1.29, 1.82) is 0 Å². The normalized spacial score (nSPS) is 19.6. The van der Waals surface area contributed by atoms with Gasteiger partial charge in [-0.3, -0.25) is 4.79 Å². The average Bonchev–Trinajstić information content (AvgIpc) is 3.14. The smallest absolute Gasteiger partial charge is 0.314 e. The van der Waals surface area contributed by atoms with Crippen molar-refractivity contribution in [1.82, 2.24) is 10.6 Å². The van der Waals surface area contributed by atoms with Crippen LogP contribution in [0.3, 0.4) is 0 Å². The largest absolute Gasteiger partial charge is 0.481 e. The van der Waals surface area contributed by atoms with E-state index < -0.39 is 11.4 Å². The van der Waals surface area contributed by atoms with Crippen LogP contribution in [0.15, 0.2) is 0 Å². The van der Waals surface area contributed by atoms with Crippen molar-refractivity contribution in [2.45, 2.75) is 47.0 Å². The number of nitrogens with one attached hydrogen (secondary N) is 2. The summed E-state index contributed by atoms with van der Waals surface area (Å²) >= 11 is 0. The molecule has 5 nitrogen and oxygen atoms in total. The molecule has 1 saturated carbocycles. The lowest BCUT2D eigenvalue weighted by Gasteiger charge is -2.24. The molecule has 0 aromatic rings. The minimum Gasteiger partial charge on any atom is -0.481 e. The third-order valence-electron chi connectivity index (χ3n) is 4.65. The fraction of sp³-hybridized carbons (Fsp3) is 0.857. The van der Waals surface area contributed by atoms with Gasteiger partial charge < -0.3 is 15.7 Å². The average molecular weight is 270 g/mol. The first-order chi connectivity index (χ1) is 8.76. The first-order valence-corrected chi connectivity index (χ1v) is 7.01. The Balaban J connectivity index is 2.34. The highest BCUT2D eigenvalue weighted by Gasteiger charge is 2.45. The van der Waals surface area contributed by atoms with Gasteiger partial charge in [0.15, 0.2) is 0 Å². The van der Waals surface area contributed by atoms with Crippen LogP contribution in [0.25, 0.3) is 0 Å². The summed E-state index contributed by atoms with van der Waals surface area (Å²) < 4.78 is 0. The van der Waals surface area contributed by atoms with E-state index in [0.717, 1.165) is 12.8 Å². The van der Waals surface area contributed by atoms with Gasteiger partial charge in [-0.05, 0) is 37.5 Å². The molecular weight excluding hydrogens is 244 g/mol. The Morgan fingerprint density at radius 1 is 1.32 bits per heavy atom. The molecule has 1 aliphatic carbocycles. The highest BCUT2D eigenvalue weighted by Crippen LogP contribution is 2.51. The van der Waals surface area contributed by atoms with Crippen LogP contribution >= 0.6 is 0 Å². The van der Waals surface area contributed by atoms with Gasteiger partial charge in [0.25, 0.3) is 0 Å². The van der Waals surface area contributed by atoms with E-state index in [0.29, 0.717) is 18.9 Å². The van der Waals surface area contributed by atoms with Gasteiger partial charge in [0.05, 0.1) is 5.41 Å². The molecule has 0 saturated heterocycles. The summed E-state index contributed by atoms with van der Waals surface area (Å²) in [4.78, 5) is 22.8. The van der Waals surface area contributed by atoms with Gasteiger partial charge in [-0.15, -0.1) is 0 Å². The van der Waals surface area contributed by atoms with Gasteiger partial charge in [0.1, 0.15) is 0 Å². The van der Waals surface area contributed by atoms with E-state index in [9.17, 15) is 9.59 Å². The summed E-state index contributed by atoms with van der Waals surface area (Å²) in [6.07, 6.45) is 2.80. The van der Waals surface area contributed by atoms with E-state index in [2.05, 4.69) is 24.5 Å². The first kappa shape index (κ1) is 15.8. The Labute approximate surface area is 115 Å². The minimum atomic E-state index is -0.896. The number of rotatable bonds is 7. The molecule has 5 heteroatoms. The second kappa shape index (κ2) is 5.80. The Hall–Kier alpha value is -1.26. The molecule has 1 aliphatic rings. The molecule has 0 aromatic heterocycles. The molecule has 1 rings (SSSR count). The maximum Gasteiger partial charge on any atom is 0.314 e. The second-order valence-corrected chi connectivity index (χ2v) is 6.27. The summed E-state index contributed by atoms with van der Waals surface area (Å²) in [6.45, 7) is 8.62. The third kappa shape index (κ3) is 3.85. The summed E-state index contributed by atoms with van der Waals surface area (Å²) in [5, 5.41) is 14.6. The summed E-state index contributed by atoms with van der Waals surface area (Å²) in [6, 6.07) is -0.271. The predicted molar refractivity (Wildman–Crippen MR) is 73.9 cm³/mol. The fourth-order valence-electron chi connectivity index (χ4n) is 2.06. The molecule has 0 aliphatic heterocycles. The van der Waals surface area contributed by atoms with Crippen LogP contribution in [-0.2, 0) is 4.79 Å². The zero-order chi connectivity index (χ0) is 14.7. The van der Waals surface area contributed by atoms with E-state index in [-0.39, 0.29) is 18.0 Å². The molecule has 0 aromatic carbocycles. The predicted octanol–water partition coefficient (Wildman–Crippen LogP) is 2.22. The molecular formula is C14H26N2O3. The molecule has 19 heavy (non-hydrogen) atoms. The van der Waals surface area contributed by atoms with Crippen LogP contribution in [0.5, 0.6) is 0 Å². The highest BCUT2D eigenvalue weighted by molar-refractivity contribution is 5.77. The summed E-state index contributed by atoms with van der Waals surface area (Å²) in [5.41, 5.74) is -0.634. The molecule has 0 bridgehead atoms. The van der Waals surface area contributed by atoms with Crippen molar-refractivity contribution >= 4 is 12.0 Å². The van der Waals surface area contributed by atoms with E-state index in [4.69, 9.17) is 5.11 Å². The van der Waals surface area contributed by atoms with Gasteiger partial charge in [0, 0.05) is 13.1 Å². The van der Waals surface area contributed by atoms with Crippen LogP contribution in [0, 0.1) is 16.7 Å². The van der Waals surface area contributed by atoms with E-state index in [1.54, 1.807) is 6.92 Å². The Morgan fingerprint density at radius 3 is 2.26 bits per heavy atom. The Morgan fingerprint density at radius 2 is 1.89 bits per heavy atom. The molecule has 2 amide bonds. The monoisotopic (exact) mass is 270 g/mol. The second-order valence-electron chi connectivity index (χ2n) is 6.27. The number of urea groups is 1. The number of aliphatic carboxylic acids is 1. The van der Waals surface area contributed by atoms with Gasteiger partial charge >= 0.3 is 12.0 Å². The van der Waals surface area contributed by atoms with Crippen molar-refractivity contribution in [3.63, 3.8) is 0 Å². The van der Waals surface area contributed by atoms with E-state index in [1.165, 1.54) is 0 Å². The summed E-state index contributed by atoms with van der Waals surface area (Å²) in [5.74, 6) is -0.316. The Bertz CT molecular complexity index is 351. The van der Waals surface area contributed by atoms with Crippen LogP contribution < -0.4 is 10.6 Å². The molecule has 3 N–H and O–H groups in total. The van der Waals surface area contributed by atoms with Gasteiger partial charge in [-0.2, -0.15) is 0 Å². The number of amides is 2. The summed E-state index contributed by atoms with van der Waals surface area (Å²) in [7, 11) is 0. The standard InChI is InChI=1S/C14H26N2O3/c1-5-13(4,11(17)18)8-15-12(19)16-9-14(6-7-14)10(2)3/h10H,5-9H2,1-4H3,(H,17,18)(H2,15,16,19). The van der Waals surface area contributed by atoms with Crippen LogP contribution in [-0.4, -0.2) is 30.2 Å². The lowest BCUT2D eigenvalue weighted by molar-refractivity contribution is -0.147. The van der Waals surface area contributed by atoms with Crippen molar-refractivity contribution in [3.05, 3.63) is 0 Å². The van der Waals surface area contributed by atoms with E-state index >= 15 is 0 Å². The molecule has 0 spiro atoms. The maximum absolute atomic E-state index is 11.7. The number of carbonyl (C=O) groups excluding carboxylic acids is 1. The van der Waals surface area contributed by atoms with Crippen molar-refractivity contribution in [3.8, 4) is 0 Å². The number of carboxylic acids is 1. The van der Waals surface area contributed by atoms with Crippen LogP contribution in [0.2, 0.25) is 0 Å². The molecule has 0 heterocycles. The lowest BCUT2D eigenvalue weighted by Crippen LogP contribution is -2.46. The highest BCUT2D eigenvalue weighted by atomic mass is 16.4. The number of hydrogen-bond acceptors (Lipinski definition) is 2. The van der Waals surface area contributed by atoms with Crippen LogP contribution in [0.1, 0.15) is 47.0 Å². The molecule has 110 valence electrons. The lowest BCUT2D eigenvalue weighted by atomic mass is 9.88. The number of carboxylic acid groups (broad SMARTS) is 1. The quantitative estimate of drug-likeness (QED) is 0.663. The number of carbonyl (C=O) groups is 2. The fourth-order valence-corrected chi connectivity index (χ4v) is 2.06. The maximum atomic E-state index is 11.7.